The van der Waals surface area contributed by atoms with Crippen LogP contribution in [0.2, 0.25) is 0 Å². The number of esters is 1. The zero-order valence-corrected chi connectivity index (χ0v) is 13.1. The molecule has 1 aromatic carbocycles. The molecule has 0 atom stereocenters. The monoisotopic (exact) mass is 292 g/mol. The fraction of sp³-hybridized carbons (Fsp3) is 0.471. The lowest BCUT2D eigenvalue weighted by atomic mass is 10.1. The highest BCUT2D eigenvalue weighted by Gasteiger charge is 2.08. The Hall–Kier alpha value is -1.97. The molecule has 0 aliphatic carbocycles. The lowest BCUT2D eigenvalue weighted by molar-refractivity contribution is -0.137. The van der Waals surface area contributed by atoms with Crippen molar-refractivity contribution in [2.24, 2.45) is 0 Å². The topological polar surface area (TPSA) is 44.8 Å². The van der Waals surface area contributed by atoms with Gasteiger partial charge in [0.15, 0.2) is 0 Å². The average Bonchev–Trinajstić information content (AvgIpc) is 2.47. The Morgan fingerprint density at radius 3 is 2.24 bits per heavy atom. The fourth-order valence-corrected chi connectivity index (χ4v) is 1.77. The Kier molecular flexibility index (Phi) is 8.02. The van der Waals surface area contributed by atoms with Gasteiger partial charge in [0.2, 0.25) is 0 Å². The zero-order chi connectivity index (χ0) is 15.5. The van der Waals surface area contributed by atoms with Crippen LogP contribution < -0.4 is 9.47 Å². The maximum absolute atomic E-state index is 11.6. The molecule has 0 saturated carbocycles. The zero-order valence-electron chi connectivity index (χ0n) is 13.1. The van der Waals surface area contributed by atoms with Crippen molar-refractivity contribution in [1.82, 2.24) is 0 Å². The molecule has 0 amide bonds. The molecule has 0 bridgehead atoms. The summed E-state index contributed by atoms with van der Waals surface area (Å²) in [5.41, 5.74) is 0.758. The smallest absolute Gasteiger partial charge is 0.330 e. The SMILES string of the molecule is CCCCOC(=O)C=Cc1c(OCC)cccc1OCC. The van der Waals surface area contributed by atoms with Crippen LogP contribution in [0.1, 0.15) is 39.2 Å². The molecule has 4 heteroatoms. The third kappa shape index (κ3) is 5.90. The molecule has 116 valence electrons. The van der Waals surface area contributed by atoms with E-state index in [1.807, 2.05) is 32.0 Å². The molecule has 0 radical (unpaired) electrons. The minimum absolute atomic E-state index is 0.350. The summed E-state index contributed by atoms with van der Waals surface area (Å²) < 4.78 is 16.2. The summed E-state index contributed by atoms with van der Waals surface area (Å²) in [6.45, 7) is 7.44. The Morgan fingerprint density at radius 1 is 1.10 bits per heavy atom. The van der Waals surface area contributed by atoms with Crippen molar-refractivity contribution < 1.29 is 19.0 Å². The molecule has 4 nitrogen and oxygen atoms in total. The van der Waals surface area contributed by atoms with Gasteiger partial charge in [-0.2, -0.15) is 0 Å². The van der Waals surface area contributed by atoms with Crippen molar-refractivity contribution in [1.29, 1.82) is 0 Å². The molecular formula is C17H24O4. The number of benzene rings is 1. The molecule has 0 aliphatic rings. The van der Waals surface area contributed by atoms with Gasteiger partial charge in [-0.15, -0.1) is 0 Å². The van der Waals surface area contributed by atoms with E-state index in [4.69, 9.17) is 14.2 Å². The maximum atomic E-state index is 11.6. The predicted octanol–water partition coefficient (Wildman–Crippen LogP) is 3.84. The van der Waals surface area contributed by atoms with E-state index in [1.165, 1.54) is 6.08 Å². The first-order chi connectivity index (χ1) is 10.2. The van der Waals surface area contributed by atoms with Gasteiger partial charge in [0, 0.05) is 6.08 Å². The van der Waals surface area contributed by atoms with Gasteiger partial charge in [-0.3, -0.25) is 0 Å². The molecule has 0 aliphatic heterocycles. The molecule has 0 saturated heterocycles. The van der Waals surface area contributed by atoms with Crippen LogP contribution in [0, 0.1) is 0 Å². The van der Waals surface area contributed by atoms with Crippen molar-refractivity contribution in [2.75, 3.05) is 19.8 Å². The molecule has 0 aromatic heterocycles. The fourth-order valence-electron chi connectivity index (χ4n) is 1.77. The van der Waals surface area contributed by atoms with Gasteiger partial charge in [0.1, 0.15) is 11.5 Å². The summed E-state index contributed by atoms with van der Waals surface area (Å²) in [6.07, 6.45) is 4.97. The number of unbranched alkanes of at least 4 members (excludes halogenated alkanes) is 1. The Labute approximate surface area is 126 Å². The second kappa shape index (κ2) is 9.86. The summed E-state index contributed by atoms with van der Waals surface area (Å²) in [5.74, 6) is 1.04. The summed E-state index contributed by atoms with van der Waals surface area (Å²) in [6, 6.07) is 5.58. The summed E-state index contributed by atoms with van der Waals surface area (Å²) >= 11 is 0. The van der Waals surface area contributed by atoms with Gasteiger partial charge < -0.3 is 14.2 Å². The van der Waals surface area contributed by atoms with E-state index in [-0.39, 0.29) is 5.97 Å². The third-order valence-electron chi connectivity index (χ3n) is 2.75. The Morgan fingerprint density at radius 2 is 1.71 bits per heavy atom. The minimum atomic E-state index is -0.350. The molecule has 1 aromatic rings. The minimum Gasteiger partial charge on any atom is -0.493 e. The summed E-state index contributed by atoms with van der Waals surface area (Å²) in [5, 5.41) is 0. The van der Waals surface area contributed by atoms with Crippen molar-refractivity contribution in [3.8, 4) is 11.5 Å². The van der Waals surface area contributed by atoms with Crippen molar-refractivity contribution in [3.63, 3.8) is 0 Å². The highest BCUT2D eigenvalue weighted by atomic mass is 16.5. The molecule has 0 spiro atoms. The molecule has 0 N–H and O–H groups in total. The van der Waals surface area contributed by atoms with Gasteiger partial charge in [-0.25, -0.2) is 4.79 Å². The Balaban J connectivity index is 2.85. The van der Waals surface area contributed by atoms with Crippen LogP contribution in [0.4, 0.5) is 0 Å². The summed E-state index contributed by atoms with van der Waals surface area (Å²) in [4.78, 5) is 11.6. The number of hydrogen-bond acceptors (Lipinski definition) is 4. The number of ether oxygens (including phenoxy) is 3. The summed E-state index contributed by atoms with van der Waals surface area (Å²) in [7, 11) is 0. The van der Waals surface area contributed by atoms with Gasteiger partial charge in [-0.05, 0) is 38.5 Å². The van der Waals surface area contributed by atoms with Crippen LogP contribution in [-0.2, 0) is 9.53 Å². The van der Waals surface area contributed by atoms with E-state index < -0.39 is 0 Å². The second-order valence-electron chi connectivity index (χ2n) is 4.39. The molecule has 21 heavy (non-hydrogen) atoms. The molecule has 0 fully saturated rings. The van der Waals surface area contributed by atoms with Crippen LogP contribution >= 0.6 is 0 Å². The number of rotatable bonds is 9. The van der Waals surface area contributed by atoms with Crippen LogP contribution in [0.3, 0.4) is 0 Å². The Bertz CT molecular complexity index is 442. The lowest BCUT2D eigenvalue weighted by Gasteiger charge is -2.12. The highest BCUT2D eigenvalue weighted by Crippen LogP contribution is 2.30. The molecule has 1 rings (SSSR count). The third-order valence-corrected chi connectivity index (χ3v) is 2.75. The molecular weight excluding hydrogens is 268 g/mol. The normalized spacial score (nSPS) is 10.6. The maximum Gasteiger partial charge on any atom is 0.330 e. The average molecular weight is 292 g/mol. The van der Waals surface area contributed by atoms with Gasteiger partial charge in [0.05, 0.1) is 25.4 Å². The van der Waals surface area contributed by atoms with Crippen LogP contribution in [0.25, 0.3) is 6.08 Å². The first kappa shape index (κ1) is 17.1. The number of hydrogen-bond donors (Lipinski definition) is 0. The van der Waals surface area contributed by atoms with Crippen LogP contribution in [-0.4, -0.2) is 25.8 Å². The second-order valence-corrected chi connectivity index (χ2v) is 4.39. The molecule has 0 heterocycles. The lowest BCUT2D eigenvalue weighted by Crippen LogP contribution is -2.02. The number of carbonyl (C=O) groups excluding carboxylic acids is 1. The standard InChI is InChI=1S/C17H24O4/c1-4-7-13-21-17(18)12-11-14-15(19-5-2)9-8-10-16(14)20-6-3/h8-12H,4-7,13H2,1-3H3. The number of carbonyl (C=O) groups is 1. The van der Waals surface area contributed by atoms with Crippen molar-refractivity contribution in [3.05, 3.63) is 29.8 Å². The van der Waals surface area contributed by atoms with E-state index in [0.717, 1.165) is 18.4 Å². The van der Waals surface area contributed by atoms with E-state index in [9.17, 15) is 4.79 Å². The van der Waals surface area contributed by atoms with Crippen molar-refractivity contribution in [2.45, 2.75) is 33.6 Å². The quantitative estimate of drug-likeness (QED) is 0.394. The van der Waals surface area contributed by atoms with Crippen molar-refractivity contribution >= 4 is 12.0 Å². The van der Waals surface area contributed by atoms with Gasteiger partial charge in [0.25, 0.3) is 0 Å². The van der Waals surface area contributed by atoms with Gasteiger partial charge >= 0.3 is 5.97 Å². The van der Waals surface area contributed by atoms with Gasteiger partial charge in [-0.1, -0.05) is 19.4 Å². The largest absolute Gasteiger partial charge is 0.493 e. The van der Waals surface area contributed by atoms with Crippen LogP contribution in [0.5, 0.6) is 11.5 Å². The predicted molar refractivity (Wildman–Crippen MR) is 83.7 cm³/mol. The van der Waals surface area contributed by atoms with Crippen LogP contribution in [0.15, 0.2) is 24.3 Å². The van der Waals surface area contributed by atoms with E-state index in [1.54, 1.807) is 6.08 Å². The van der Waals surface area contributed by atoms with E-state index in [0.29, 0.717) is 31.3 Å². The first-order valence-electron chi connectivity index (χ1n) is 7.46. The first-order valence-corrected chi connectivity index (χ1v) is 7.46. The van der Waals surface area contributed by atoms with E-state index >= 15 is 0 Å². The van der Waals surface area contributed by atoms with E-state index in [2.05, 4.69) is 6.92 Å². The highest BCUT2D eigenvalue weighted by molar-refractivity contribution is 5.88. The molecule has 0 unspecified atom stereocenters.